The van der Waals surface area contributed by atoms with Crippen molar-refractivity contribution < 1.29 is 0 Å². The summed E-state index contributed by atoms with van der Waals surface area (Å²) in [5, 5.41) is 1.41. The standard InChI is InChI=1S/C11H16Cl2N2/c1-8(6-14)15(2)7-9-10(12)4-3-5-11(9)13/h3-5,8H,6-7,14H2,1-2H3. The highest BCUT2D eigenvalue weighted by Crippen LogP contribution is 2.25. The number of rotatable bonds is 4. The van der Waals surface area contributed by atoms with Gasteiger partial charge in [0.05, 0.1) is 0 Å². The normalized spacial score (nSPS) is 13.2. The molecule has 0 fully saturated rings. The van der Waals surface area contributed by atoms with Crippen molar-refractivity contribution >= 4 is 23.2 Å². The minimum absolute atomic E-state index is 0.317. The summed E-state index contributed by atoms with van der Waals surface area (Å²) in [6, 6.07) is 5.87. The van der Waals surface area contributed by atoms with Crippen molar-refractivity contribution in [3.05, 3.63) is 33.8 Å². The van der Waals surface area contributed by atoms with Crippen LogP contribution >= 0.6 is 23.2 Å². The van der Waals surface area contributed by atoms with E-state index in [2.05, 4.69) is 11.8 Å². The van der Waals surface area contributed by atoms with Crippen LogP contribution in [0.1, 0.15) is 12.5 Å². The summed E-state index contributed by atoms with van der Waals surface area (Å²) in [7, 11) is 2.01. The van der Waals surface area contributed by atoms with Gasteiger partial charge in [-0.3, -0.25) is 4.90 Å². The predicted octanol–water partition coefficient (Wildman–Crippen LogP) is 2.77. The molecule has 2 N–H and O–H groups in total. The summed E-state index contributed by atoms with van der Waals surface area (Å²) < 4.78 is 0. The van der Waals surface area contributed by atoms with Crippen LogP contribution < -0.4 is 5.73 Å². The van der Waals surface area contributed by atoms with Crippen LogP contribution in [0.15, 0.2) is 18.2 Å². The maximum Gasteiger partial charge on any atom is 0.0465 e. The lowest BCUT2D eigenvalue weighted by atomic mass is 10.2. The molecule has 0 aliphatic carbocycles. The Morgan fingerprint density at radius 2 is 1.87 bits per heavy atom. The fourth-order valence-electron chi connectivity index (χ4n) is 1.27. The topological polar surface area (TPSA) is 29.3 Å². The largest absolute Gasteiger partial charge is 0.329 e. The van der Waals surface area contributed by atoms with E-state index in [-0.39, 0.29) is 0 Å². The molecule has 4 heteroatoms. The summed E-state index contributed by atoms with van der Waals surface area (Å²) in [5.41, 5.74) is 6.56. The summed E-state index contributed by atoms with van der Waals surface area (Å²) in [5.74, 6) is 0. The second-order valence-electron chi connectivity index (χ2n) is 3.70. The molecule has 0 aromatic heterocycles. The molecule has 1 aromatic rings. The van der Waals surface area contributed by atoms with Crippen LogP contribution in [0.4, 0.5) is 0 Å². The molecule has 0 amide bonds. The van der Waals surface area contributed by atoms with E-state index in [1.54, 1.807) is 0 Å². The van der Waals surface area contributed by atoms with E-state index in [4.69, 9.17) is 28.9 Å². The van der Waals surface area contributed by atoms with Crippen molar-refractivity contribution in [3.63, 3.8) is 0 Å². The molecule has 2 nitrogen and oxygen atoms in total. The Hall–Kier alpha value is -0.280. The van der Waals surface area contributed by atoms with E-state index < -0.39 is 0 Å². The summed E-state index contributed by atoms with van der Waals surface area (Å²) in [6.07, 6.45) is 0. The first-order chi connectivity index (χ1) is 7.06. The van der Waals surface area contributed by atoms with Gasteiger partial charge in [0, 0.05) is 34.7 Å². The maximum absolute atomic E-state index is 6.08. The van der Waals surface area contributed by atoms with Gasteiger partial charge in [-0.15, -0.1) is 0 Å². The Balaban J connectivity index is 2.80. The quantitative estimate of drug-likeness (QED) is 0.886. The lowest BCUT2D eigenvalue weighted by Crippen LogP contribution is -2.34. The van der Waals surface area contributed by atoms with Crippen molar-refractivity contribution in [2.24, 2.45) is 5.73 Å². The van der Waals surface area contributed by atoms with Gasteiger partial charge in [-0.2, -0.15) is 0 Å². The Bertz CT molecular complexity index is 308. The van der Waals surface area contributed by atoms with Gasteiger partial charge in [-0.25, -0.2) is 0 Å². The third kappa shape index (κ3) is 3.35. The second-order valence-corrected chi connectivity index (χ2v) is 4.51. The van der Waals surface area contributed by atoms with E-state index in [0.717, 1.165) is 12.1 Å². The number of benzene rings is 1. The van der Waals surface area contributed by atoms with Gasteiger partial charge in [-0.1, -0.05) is 29.3 Å². The lowest BCUT2D eigenvalue weighted by molar-refractivity contribution is 0.255. The van der Waals surface area contributed by atoms with Crippen LogP contribution in [-0.4, -0.2) is 24.5 Å². The Kier molecular flexibility index (Phi) is 4.87. The average Bonchev–Trinajstić information content (AvgIpc) is 2.22. The van der Waals surface area contributed by atoms with Gasteiger partial charge in [-0.05, 0) is 26.1 Å². The first kappa shape index (κ1) is 12.8. The van der Waals surface area contributed by atoms with Crippen LogP contribution in [0.2, 0.25) is 10.0 Å². The summed E-state index contributed by atoms with van der Waals surface area (Å²) in [4.78, 5) is 2.13. The van der Waals surface area contributed by atoms with Crippen molar-refractivity contribution in [2.75, 3.05) is 13.6 Å². The molecule has 1 rings (SSSR count). The molecular formula is C11H16Cl2N2. The van der Waals surface area contributed by atoms with E-state index in [9.17, 15) is 0 Å². The number of hydrogen-bond acceptors (Lipinski definition) is 2. The molecule has 0 bridgehead atoms. The van der Waals surface area contributed by atoms with E-state index in [1.807, 2.05) is 25.2 Å². The fourth-order valence-corrected chi connectivity index (χ4v) is 1.79. The molecule has 0 aliphatic heterocycles. The van der Waals surface area contributed by atoms with Gasteiger partial charge in [0.2, 0.25) is 0 Å². The average molecular weight is 247 g/mol. The minimum Gasteiger partial charge on any atom is -0.329 e. The zero-order valence-corrected chi connectivity index (χ0v) is 10.5. The highest BCUT2D eigenvalue weighted by molar-refractivity contribution is 6.35. The van der Waals surface area contributed by atoms with Crippen LogP contribution in [0.3, 0.4) is 0 Å². The highest BCUT2D eigenvalue weighted by atomic mass is 35.5. The van der Waals surface area contributed by atoms with E-state index in [0.29, 0.717) is 22.6 Å². The van der Waals surface area contributed by atoms with Crippen molar-refractivity contribution in [2.45, 2.75) is 19.5 Å². The van der Waals surface area contributed by atoms with E-state index >= 15 is 0 Å². The Morgan fingerprint density at radius 3 is 2.33 bits per heavy atom. The number of hydrogen-bond donors (Lipinski definition) is 1. The van der Waals surface area contributed by atoms with E-state index in [1.165, 1.54) is 0 Å². The van der Waals surface area contributed by atoms with Gasteiger partial charge in [0.1, 0.15) is 0 Å². The number of nitrogens with two attached hydrogens (primary N) is 1. The van der Waals surface area contributed by atoms with Gasteiger partial charge < -0.3 is 5.73 Å². The highest BCUT2D eigenvalue weighted by Gasteiger charge is 2.12. The fraction of sp³-hybridized carbons (Fsp3) is 0.455. The molecule has 1 unspecified atom stereocenters. The van der Waals surface area contributed by atoms with Crippen LogP contribution in [0, 0.1) is 0 Å². The molecule has 0 aliphatic rings. The zero-order chi connectivity index (χ0) is 11.4. The second kappa shape index (κ2) is 5.71. The third-order valence-corrected chi connectivity index (χ3v) is 3.27. The maximum atomic E-state index is 6.08. The molecule has 15 heavy (non-hydrogen) atoms. The third-order valence-electron chi connectivity index (χ3n) is 2.56. The zero-order valence-electron chi connectivity index (χ0n) is 9.00. The first-order valence-electron chi connectivity index (χ1n) is 4.89. The van der Waals surface area contributed by atoms with Crippen LogP contribution in [0.25, 0.3) is 0 Å². The van der Waals surface area contributed by atoms with Crippen molar-refractivity contribution in [1.29, 1.82) is 0 Å². The van der Waals surface area contributed by atoms with Crippen molar-refractivity contribution in [1.82, 2.24) is 4.90 Å². The summed E-state index contributed by atoms with van der Waals surface area (Å²) >= 11 is 12.2. The predicted molar refractivity (Wildman–Crippen MR) is 66.4 cm³/mol. The van der Waals surface area contributed by atoms with Crippen molar-refractivity contribution in [3.8, 4) is 0 Å². The minimum atomic E-state index is 0.317. The Labute approximate surface area is 101 Å². The molecular weight excluding hydrogens is 231 g/mol. The smallest absolute Gasteiger partial charge is 0.0465 e. The summed E-state index contributed by atoms with van der Waals surface area (Å²) in [6.45, 7) is 3.42. The van der Waals surface area contributed by atoms with Gasteiger partial charge >= 0.3 is 0 Å². The molecule has 84 valence electrons. The molecule has 0 saturated carbocycles. The molecule has 0 heterocycles. The monoisotopic (exact) mass is 246 g/mol. The lowest BCUT2D eigenvalue weighted by Gasteiger charge is -2.24. The molecule has 0 spiro atoms. The number of nitrogens with zero attached hydrogens (tertiary/aromatic N) is 1. The Morgan fingerprint density at radius 1 is 1.33 bits per heavy atom. The number of likely N-dealkylation sites (N-methyl/N-ethyl adjacent to an activating group) is 1. The van der Waals surface area contributed by atoms with Gasteiger partial charge in [0.15, 0.2) is 0 Å². The molecule has 0 radical (unpaired) electrons. The number of halogens is 2. The molecule has 1 aromatic carbocycles. The first-order valence-corrected chi connectivity index (χ1v) is 5.65. The SMILES string of the molecule is CC(CN)N(C)Cc1c(Cl)cccc1Cl. The van der Waals surface area contributed by atoms with Gasteiger partial charge in [0.25, 0.3) is 0 Å². The van der Waals surface area contributed by atoms with Crippen LogP contribution in [-0.2, 0) is 6.54 Å². The van der Waals surface area contributed by atoms with Crippen LogP contribution in [0.5, 0.6) is 0 Å². The molecule has 1 atom stereocenters. The molecule has 0 saturated heterocycles.